The largest absolute Gasteiger partial charge is 0.493 e. The van der Waals surface area contributed by atoms with Gasteiger partial charge in [-0.25, -0.2) is 0 Å². The van der Waals surface area contributed by atoms with Crippen LogP contribution in [0, 0.1) is 0 Å². The summed E-state index contributed by atoms with van der Waals surface area (Å²) in [5.74, 6) is 1.43. The van der Waals surface area contributed by atoms with Gasteiger partial charge in [0, 0.05) is 16.6 Å². The Morgan fingerprint density at radius 1 is 0.963 bits per heavy atom. The highest BCUT2D eigenvalue weighted by molar-refractivity contribution is 5.96. The molecule has 0 atom stereocenters. The average molecular weight is 364 g/mol. The van der Waals surface area contributed by atoms with Crippen molar-refractivity contribution in [3.05, 3.63) is 53.7 Å². The zero-order valence-electron chi connectivity index (χ0n) is 16.8. The van der Waals surface area contributed by atoms with E-state index in [2.05, 4.69) is 31.2 Å². The summed E-state index contributed by atoms with van der Waals surface area (Å²) < 4.78 is 11.1. The Hall–Kier alpha value is -2.59. The van der Waals surface area contributed by atoms with Gasteiger partial charge in [-0.15, -0.1) is 0 Å². The fourth-order valence-corrected chi connectivity index (χ4v) is 3.44. The second kappa shape index (κ2) is 7.57. The Labute approximate surface area is 161 Å². The van der Waals surface area contributed by atoms with E-state index < -0.39 is 0 Å². The quantitative estimate of drug-likeness (QED) is 0.685. The Morgan fingerprint density at radius 3 is 2.26 bits per heavy atom. The van der Waals surface area contributed by atoms with Crippen molar-refractivity contribution in [1.82, 2.24) is 4.98 Å². The first-order chi connectivity index (χ1) is 12.9. The normalized spacial score (nSPS) is 11.6. The SMILES string of the molecule is CCc1cc(-c2cc(OC)c(OC)cc2CC(C)(C)N)c2ccccc2n1. The minimum atomic E-state index is -0.342. The lowest BCUT2D eigenvalue weighted by Gasteiger charge is -2.23. The number of nitrogens with two attached hydrogens (primary N) is 1. The number of fused-ring (bicyclic) bond motifs is 1. The van der Waals surface area contributed by atoms with E-state index in [-0.39, 0.29) is 5.54 Å². The summed E-state index contributed by atoms with van der Waals surface area (Å²) in [7, 11) is 3.32. The van der Waals surface area contributed by atoms with E-state index in [1.54, 1.807) is 14.2 Å². The summed E-state index contributed by atoms with van der Waals surface area (Å²) in [4.78, 5) is 4.78. The number of rotatable bonds is 6. The minimum Gasteiger partial charge on any atom is -0.493 e. The first kappa shape index (κ1) is 19.2. The maximum atomic E-state index is 6.36. The molecule has 0 amide bonds. The Kier molecular flexibility index (Phi) is 5.38. The number of aryl methyl sites for hydroxylation is 1. The first-order valence-electron chi connectivity index (χ1n) is 9.29. The van der Waals surface area contributed by atoms with Gasteiger partial charge in [0.05, 0.1) is 19.7 Å². The van der Waals surface area contributed by atoms with Crippen LogP contribution in [0.1, 0.15) is 32.0 Å². The van der Waals surface area contributed by atoms with Crippen LogP contribution in [0.25, 0.3) is 22.0 Å². The van der Waals surface area contributed by atoms with Gasteiger partial charge in [0.25, 0.3) is 0 Å². The summed E-state index contributed by atoms with van der Waals surface area (Å²) in [5.41, 5.74) is 11.5. The van der Waals surface area contributed by atoms with E-state index in [1.165, 1.54) is 0 Å². The highest BCUT2D eigenvalue weighted by atomic mass is 16.5. The van der Waals surface area contributed by atoms with Crippen LogP contribution >= 0.6 is 0 Å². The molecule has 142 valence electrons. The molecule has 0 radical (unpaired) electrons. The van der Waals surface area contributed by atoms with Gasteiger partial charge in [-0.1, -0.05) is 25.1 Å². The summed E-state index contributed by atoms with van der Waals surface area (Å²) >= 11 is 0. The number of ether oxygens (including phenoxy) is 2. The first-order valence-corrected chi connectivity index (χ1v) is 9.29. The van der Waals surface area contributed by atoms with Gasteiger partial charge in [0.2, 0.25) is 0 Å². The topological polar surface area (TPSA) is 57.4 Å². The maximum Gasteiger partial charge on any atom is 0.161 e. The molecule has 4 heteroatoms. The van der Waals surface area contributed by atoms with E-state index in [0.717, 1.165) is 51.9 Å². The lowest BCUT2D eigenvalue weighted by molar-refractivity contribution is 0.354. The molecule has 0 saturated carbocycles. The molecule has 0 bridgehead atoms. The zero-order valence-corrected chi connectivity index (χ0v) is 16.8. The van der Waals surface area contributed by atoms with Crippen LogP contribution in [-0.4, -0.2) is 24.7 Å². The molecule has 0 aliphatic rings. The average Bonchev–Trinajstić information content (AvgIpc) is 2.65. The molecule has 2 N–H and O–H groups in total. The lowest BCUT2D eigenvalue weighted by Crippen LogP contribution is -2.34. The summed E-state index contributed by atoms with van der Waals surface area (Å²) in [6, 6.07) is 14.5. The van der Waals surface area contributed by atoms with Gasteiger partial charge in [-0.05, 0) is 67.6 Å². The number of benzene rings is 2. The second-order valence-electron chi connectivity index (χ2n) is 7.56. The van der Waals surface area contributed by atoms with E-state index in [1.807, 2.05) is 32.0 Å². The van der Waals surface area contributed by atoms with Crippen molar-refractivity contribution in [2.24, 2.45) is 5.73 Å². The molecule has 1 aromatic heterocycles. The molecular weight excluding hydrogens is 336 g/mol. The van der Waals surface area contributed by atoms with Crippen molar-refractivity contribution >= 4 is 10.9 Å². The van der Waals surface area contributed by atoms with E-state index in [4.69, 9.17) is 20.2 Å². The molecule has 27 heavy (non-hydrogen) atoms. The van der Waals surface area contributed by atoms with Crippen LogP contribution in [0.15, 0.2) is 42.5 Å². The van der Waals surface area contributed by atoms with Crippen LogP contribution in [0.2, 0.25) is 0 Å². The fourth-order valence-electron chi connectivity index (χ4n) is 3.44. The van der Waals surface area contributed by atoms with Gasteiger partial charge in [0.15, 0.2) is 11.5 Å². The Balaban J connectivity index is 2.34. The van der Waals surface area contributed by atoms with Gasteiger partial charge in [-0.2, -0.15) is 0 Å². The third-order valence-corrected chi connectivity index (χ3v) is 4.68. The molecule has 1 heterocycles. The number of nitrogens with zero attached hydrogens (tertiary/aromatic N) is 1. The Morgan fingerprint density at radius 2 is 1.63 bits per heavy atom. The number of methoxy groups -OCH3 is 2. The summed E-state index contributed by atoms with van der Waals surface area (Å²) in [6.45, 7) is 6.20. The molecule has 0 saturated heterocycles. The van der Waals surface area contributed by atoms with Gasteiger partial charge in [0.1, 0.15) is 0 Å². The van der Waals surface area contributed by atoms with Crippen LogP contribution in [0.3, 0.4) is 0 Å². The maximum absolute atomic E-state index is 6.36. The van der Waals surface area contributed by atoms with E-state index >= 15 is 0 Å². The second-order valence-corrected chi connectivity index (χ2v) is 7.56. The summed E-state index contributed by atoms with van der Waals surface area (Å²) in [6.07, 6.45) is 1.60. The highest BCUT2D eigenvalue weighted by Gasteiger charge is 2.20. The Bertz CT molecular complexity index is 958. The van der Waals surface area contributed by atoms with Crippen LogP contribution < -0.4 is 15.2 Å². The molecular formula is C23H28N2O2. The number of pyridine rings is 1. The van der Waals surface area contributed by atoms with Crippen LogP contribution in [-0.2, 0) is 12.8 Å². The third-order valence-electron chi connectivity index (χ3n) is 4.68. The van der Waals surface area contributed by atoms with Gasteiger partial charge >= 0.3 is 0 Å². The van der Waals surface area contributed by atoms with E-state index in [9.17, 15) is 0 Å². The predicted octanol–water partition coefficient (Wildman–Crippen LogP) is 4.76. The highest BCUT2D eigenvalue weighted by Crippen LogP contribution is 2.39. The van der Waals surface area contributed by atoms with Gasteiger partial charge < -0.3 is 15.2 Å². The van der Waals surface area contributed by atoms with E-state index in [0.29, 0.717) is 5.75 Å². The zero-order chi connectivity index (χ0) is 19.6. The van der Waals surface area contributed by atoms with Crippen molar-refractivity contribution in [3.63, 3.8) is 0 Å². The lowest BCUT2D eigenvalue weighted by atomic mass is 9.88. The predicted molar refractivity (Wildman–Crippen MR) is 112 cm³/mol. The van der Waals surface area contributed by atoms with Crippen molar-refractivity contribution in [2.75, 3.05) is 14.2 Å². The fraction of sp³-hybridized carbons (Fsp3) is 0.348. The molecule has 3 aromatic rings. The van der Waals surface area contributed by atoms with Crippen molar-refractivity contribution in [2.45, 2.75) is 39.2 Å². The number of hydrogen-bond donors (Lipinski definition) is 1. The van der Waals surface area contributed by atoms with Crippen LogP contribution in [0.4, 0.5) is 0 Å². The third kappa shape index (κ3) is 4.06. The standard InChI is InChI=1S/C23H28N2O2/c1-6-16-12-19(17-9-7-8-10-20(17)25-16)18-13-22(27-5)21(26-4)11-15(18)14-23(2,3)24/h7-13H,6,14,24H2,1-5H3. The molecule has 0 aliphatic carbocycles. The number of hydrogen-bond acceptors (Lipinski definition) is 4. The molecule has 0 spiro atoms. The summed E-state index contributed by atoms with van der Waals surface area (Å²) in [5, 5.41) is 1.12. The number of aromatic nitrogens is 1. The smallest absolute Gasteiger partial charge is 0.161 e. The molecule has 2 aromatic carbocycles. The van der Waals surface area contributed by atoms with Gasteiger partial charge in [-0.3, -0.25) is 4.98 Å². The molecule has 3 rings (SSSR count). The molecule has 0 unspecified atom stereocenters. The van der Waals surface area contributed by atoms with Crippen LogP contribution in [0.5, 0.6) is 11.5 Å². The molecule has 0 aliphatic heterocycles. The van der Waals surface area contributed by atoms with Crippen molar-refractivity contribution < 1.29 is 9.47 Å². The number of para-hydroxylation sites is 1. The molecule has 4 nitrogen and oxygen atoms in total. The van der Waals surface area contributed by atoms with Crippen molar-refractivity contribution in [1.29, 1.82) is 0 Å². The molecule has 0 fully saturated rings. The minimum absolute atomic E-state index is 0.342. The van der Waals surface area contributed by atoms with Crippen molar-refractivity contribution in [3.8, 4) is 22.6 Å². The monoisotopic (exact) mass is 364 g/mol.